The number of fused-ring (bicyclic) bond motifs is 1. The SMILES string of the molecule is COc1ccccc1C1(Cl)c2ccccc2CC1Cl. The van der Waals surface area contributed by atoms with Crippen LogP contribution in [0.25, 0.3) is 0 Å². The Morgan fingerprint density at radius 1 is 1.05 bits per heavy atom. The Bertz CT molecular complexity index is 611. The zero-order valence-corrected chi connectivity index (χ0v) is 12.1. The fourth-order valence-electron chi connectivity index (χ4n) is 2.81. The molecule has 2 atom stereocenters. The molecule has 0 bridgehead atoms. The topological polar surface area (TPSA) is 9.23 Å². The zero-order chi connectivity index (χ0) is 13.5. The van der Waals surface area contributed by atoms with Crippen LogP contribution < -0.4 is 4.74 Å². The van der Waals surface area contributed by atoms with Gasteiger partial charge in [-0.2, -0.15) is 0 Å². The number of rotatable bonds is 2. The summed E-state index contributed by atoms with van der Waals surface area (Å²) in [5, 5.41) is -0.178. The van der Waals surface area contributed by atoms with Crippen molar-refractivity contribution in [1.29, 1.82) is 0 Å². The summed E-state index contributed by atoms with van der Waals surface area (Å²) in [6, 6.07) is 16.0. The van der Waals surface area contributed by atoms with Crippen LogP contribution in [0.3, 0.4) is 0 Å². The highest BCUT2D eigenvalue weighted by atomic mass is 35.5. The largest absolute Gasteiger partial charge is 0.496 e. The first kappa shape index (κ1) is 12.8. The van der Waals surface area contributed by atoms with Crippen molar-refractivity contribution in [2.75, 3.05) is 7.11 Å². The van der Waals surface area contributed by atoms with E-state index in [0.29, 0.717) is 0 Å². The number of alkyl halides is 2. The van der Waals surface area contributed by atoms with Crippen molar-refractivity contribution < 1.29 is 4.74 Å². The molecule has 0 radical (unpaired) electrons. The maximum atomic E-state index is 6.95. The standard InChI is InChI=1S/C16H14Cl2O/c1-19-14-9-5-4-8-13(14)16(18)12-7-3-2-6-11(12)10-15(16)17/h2-9,15H,10H2,1H3. The van der Waals surface area contributed by atoms with Gasteiger partial charge in [-0.1, -0.05) is 42.5 Å². The molecule has 19 heavy (non-hydrogen) atoms. The van der Waals surface area contributed by atoms with Gasteiger partial charge in [-0.15, -0.1) is 23.2 Å². The summed E-state index contributed by atoms with van der Waals surface area (Å²) in [5.74, 6) is 0.778. The van der Waals surface area contributed by atoms with Crippen molar-refractivity contribution in [2.24, 2.45) is 0 Å². The van der Waals surface area contributed by atoms with Crippen molar-refractivity contribution in [2.45, 2.75) is 16.7 Å². The molecule has 0 saturated carbocycles. The van der Waals surface area contributed by atoms with Crippen LogP contribution in [0, 0.1) is 0 Å². The smallest absolute Gasteiger partial charge is 0.124 e. The highest BCUT2D eigenvalue weighted by molar-refractivity contribution is 6.35. The third-order valence-electron chi connectivity index (χ3n) is 3.74. The Balaban J connectivity index is 2.23. The normalized spacial score (nSPS) is 25.1. The van der Waals surface area contributed by atoms with E-state index in [0.717, 1.165) is 23.3 Å². The lowest BCUT2D eigenvalue weighted by atomic mass is 9.91. The molecule has 98 valence electrons. The molecular formula is C16H14Cl2O. The molecule has 0 aliphatic heterocycles. The molecule has 3 heteroatoms. The van der Waals surface area contributed by atoms with E-state index < -0.39 is 4.87 Å². The third kappa shape index (κ3) is 1.84. The number of benzene rings is 2. The van der Waals surface area contributed by atoms with E-state index in [1.54, 1.807) is 7.11 Å². The molecule has 2 unspecified atom stereocenters. The molecule has 1 aliphatic carbocycles. The van der Waals surface area contributed by atoms with Crippen molar-refractivity contribution in [3.05, 3.63) is 65.2 Å². The average molecular weight is 293 g/mol. The van der Waals surface area contributed by atoms with Gasteiger partial charge >= 0.3 is 0 Å². The molecule has 0 aromatic heterocycles. The van der Waals surface area contributed by atoms with Crippen LogP contribution in [0.4, 0.5) is 0 Å². The number of halogens is 2. The summed E-state index contributed by atoms with van der Waals surface area (Å²) in [7, 11) is 1.66. The van der Waals surface area contributed by atoms with Crippen molar-refractivity contribution in [3.8, 4) is 5.75 Å². The minimum atomic E-state index is -0.718. The number of methoxy groups -OCH3 is 1. The minimum Gasteiger partial charge on any atom is -0.496 e. The second kappa shape index (κ2) is 4.73. The van der Waals surface area contributed by atoms with Crippen LogP contribution in [0.15, 0.2) is 48.5 Å². The lowest BCUT2D eigenvalue weighted by Gasteiger charge is -2.28. The van der Waals surface area contributed by atoms with Crippen molar-refractivity contribution in [1.82, 2.24) is 0 Å². The Morgan fingerprint density at radius 2 is 1.68 bits per heavy atom. The highest BCUT2D eigenvalue weighted by Gasteiger charge is 2.47. The fraction of sp³-hybridized carbons (Fsp3) is 0.250. The van der Waals surface area contributed by atoms with Gasteiger partial charge in [-0.25, -0.2) is 0 Å². The van der Waals surface area contributed by atoms with Gasteiger partial charge < -0.3 is 4.74 Å². The molecule has 3 rings (SSSR count). The monoisotopic (exact) mass is 292 g/mol. The van der Waals surface area contributed by atoms with Gasteiger partial charge in [-0.05, 0) is 23.6 Å². The average Bonchev–Trinajstić information content (AvgIpc) is 2.72. The van der Waals surface area contributed by atoms with Gasteiger partial charge in [0.05, 0.1) is 12.5 Å². The van der Waals surface area contributed by atoms with E-state index in [1.807, 2.05) is 36.4 Å². The molecule has 0 fully saturated rings. The first-order valence-electron chi connectivity index (χ1n) is 6.22. The van der Waals surface area contributed by atoms with E-state index in [-0.39, 0.29) is 5.38 Å². The Labute approximate surface area is 123 Å². The molecule has 0 heterocycles. The van der Waals surface area contributed by atoms with E-state index in [9.17, 15) is 0 Å². The second-order valence-corrected chi connectivity index (χ2v) is 5.86. The summed E-state index contributed by atoms with van der Waals surface area (Å²) >= 11 is 13.5. The Morgan fingerprint density at radius 3 is 2.42 bits per heavy atom. The number of ether oxygens (including phenoxy) is 1. The first-order valence-corrected chi connectivity index (χ1v) is 7.04. The quantitative estimate of drug-likeness (QED) is 0.748. The molecule has 2 aromatic rings. The predicted molar refractivity (Wildman–Crippen MR) is 79.4 cm³/mol. The summed E-state index contributed by atoms with van der Waals surface area (Å²) in [4.78, 5) is -0.718. The molecule has 2 aromatic carbocycles. The van der Waals surface area contributed by atoms with Crippen LogP contribution in [0.1, 0.15) is 16.7 Å². The van der Waals surface area contributed by atoms with Gasteiger partial charge in [0.25, 0.3) is 0 Å². The van der Waals surface area contributed by atoms with Gasteiger partial charge in [0.15, 0.2) is 0 Å². The number of hydrogen-bond acceptors (Lipinski definition) is 1. The lowest BCUT2D eigenvalue weighted by Crippen LogP contribution is -2.27. The summed E-state index contributed by atoms with van der Waals surface area (Å²) in [6.07, 6.45) is 0.777. The van der Waals surface area contributed by atoms with Crippen LogP contribution in [0.2, 0.25) is 0 Å². The van der Waals surface area contributed by atoms with E-state index >= 15 is 0 Å². The number of hydrogen-bond donors (Lipinski definition) is 0. The molecule has 0 N–H and O–H groups in total. The van der Waals surface area contributed by atoms with Gasteiger partial charge in [0.1, 0.15) is 10.6 Å². The Hall–Kier alpha value is -1.18. The van der Waals surface area contributed by atoms with Crippen LogP contribution >= 0.6 is 23.2 Å². The minimum absolute atomic E-state index is 0.178. The van der Waals surface area contributed by atoms with Crippen LogP contribution in [-0.2, 0) is 11.3 Å². The fourth-order valence-corrected chi connectivity index (χ4v) is 3.63. The van der Waals surface area contributed by atoms with E-state index in [4.69, 9.17) is 27.9 Å². The van der Waals surface area contributed by atoms with E-state index in [2.05, 4.69) is 12.1 Å². The Kier molecular flexibility index (Phi) is 3.20. The van der Waals surface area contributed by atoms with Crippen molar-refractivity contribution >= 4 is 23.2 Å². The molecule has 0 spiro atoms. The highest BCUT2D eigenvalue weighted by Crippen LogP contribution is 2.52. The molecule has 0 saturated heterocycles. The molecule has 1 nitrogen and oxygen atoms in total. The van der Waals surface area contributed by atoms with Crippen LogP contribution in [0.5, 0.6) is 5.75 Å². The lowest BCUT2D eigenvalue weighted by molar-refractivity contribution is 0.405. The maximum absolute atomic E-state index is 6.95. The van der Waals surface area contributed by atoms with Crippen LogP contribution in [-0.4, -0.2) is 12.5 Å². The van der Waals surface area contributed by atoms with Crippen molar-refractivity contribution in [3.63, 3.8) is 0 Å². The first-order chi connectivity index (χ1) is 9.17. The molecule has 1 aliphatic rings. The maximum Gasteiger partial charge on any atom is 0.124 e. The molecule has 0 amide bonds. The molecular weight excluding hydrogens is 279 g/mol. The summed E-state index contributed by atoms with van der Waals surface area (Å²) < 4.78 is 5.44. The zero-order valence-electron chi connectivity index (χ0n) is 10.6. The summed E-state index contributed by atoms with van der Waals surface area (Å²) in [6.45, 7) is 0. The predicted octanol–water partition coefficient (Wildman–Crippen LogP) is 4.34. The van der Waals surface area contributed by atoms with Gasteiger partial charge in [-0.3, -0.25) is 0 Å². The third-order valence-corrected chi connectivity index (χ3v) is 5.00. The van der Waals surface area contributed by atoms with E-state index in [1.165, 1.54) is 5.56 Å². The second-order valence-electron chi connectivity index (χ2n) is 4.74. The van der Waals surface area contributed by atoms with Gasteiger partial charge in [0.2, 0.25) is 0 Å². The van der Waals surface area contributed by atoms with Gasteiger partial charge in [0, 0.05) is 5.56 Å². The summed E-state index contributed by atoms with van der Waals surface area (Å²) in [5.41, 5.74) is 3.23. The number of para-hydroxylation sites is 1.